The van der Waals surface area contributed by atoms with E-state index in [0.29, 0.717) is 10.6 Å². The lowest BCUT2D eigenvalue weighted by Crippen LogP contribution is -1.99. The van der Waals surface area contributed by atoms with Crippen LogP contribution in [0, 0.1) is 4.77 Å². The maximum Gasteiger partial charge on any atom is 0.200 e. The molecule has 7 heteroatoms. The van der Waals surface area contributed by atoms with Crippen molar-refractivity contribution in [1.82, 2.24) is 19.7 Å². The first-order valence-corrected chi connectivity index (χ1v) is 7.32. The van der Waals surface area contributed by atoms with Crippen LogP contribution < -0.4 is 4.74 Å². The van der Waals surface area contributed by atoms with Crippen molar-refractivity contribution in [2.75, 3.05) is 7.11 Å². The highest BCUT2D eigenvalue weighted by Crippen LogP contribution is 2.29. The van der Waals surface area contributed by atoms with Gasteiger partial charge in [-0.15, -0.1) is 0 Å². The van der Waals surface area contributed by atoms with Crippen molar-refractivity contribution in [3.8, 4) is 22.8 Å². The predicted molar refractivity (Wildman–Crippen MR) is 86.2 cm³/mol. The highest BCUT2D eigenvalue weighted by atomic mass is 79.9. The number of ether oxygens (including phenoxy) is 1. The smallest absolute Gasteiger partial charge is 0.200 e. The molecule has 0 spiro atoms. The lowest BCUT2D eigenvalue weighted by molar-refractivity contribution is 0.412. The van der Waals surface area contributed by atoms with Crippen LogP contribution in [-0.4, -0.2) is 26.9 Å². The van der Waals surface area contributed by atoms with Gasteiger partial charge in [0, 0.05) is 24.0 Å². The summed E-state index contributed by atoms with van der Waals surface area (Å²) in [4.78, 5) is 4.12. The molecule has 1 aromatic carbocycles. The van der Waals surface area contributed by atoms with E-state index in [2.05, 4.69) is 31.1 Å². The van der Waals surface area contributed by atoms with Crippen LogP contribution in [0.1, 0.15) is 0 Å². The van der Waals surface area contributed by atoms with Crippen LogP contribution in [-0.2, 0) is 0 Å². The Kier molecular flexibility index (Phi) is 3.85. The molecule has 0 saturated heterocycles. The average Bonchev–Trinajstić information content (AvgIpc) is 2.90. The highest BCUT2D eigenvalue weighted by molar-refractivity contribution is 9.10. The number of rotatable bonds is 3. The van der Waals surface area contributed by atoms with Gasteiger partial charge in [-0.05, 0) is 52.4 Å². The number of aromatic amines is 1. The molecule has 21 heavy (non-hydrogen) atoms. The van der Waals surface area contributed by atoms with Gasteiger partial charge in [-0.1, -0.05) is 0 Å². The van der Waals surface area contributed by atoms with Crippen LogP contribution in [0.2, 0.25) is 0 Å². The standard InChI is InChI=1S/C14H11BrN4OS/c1-20-12-7-10(4-5-11(12)15)19-13(17-18-14(19)21)9-3-2-6-16-8-9/h2-8H,1H3,(H,18,21). The summed E-state index contributed by atoms with van der Waals surface area (Å²) >= 11 is 8.78. The summed E-state index contributed by atoms with van der Waals surface area (Å²) in [5, 5.41) is 7.12. The van der Waals surface area contributed by atoms with Gasteiger partial charge in [0.05, 0.1) is 17.3 Å². The lowest BCUT2D eigenvalue weighted by atomic mass is 10.2. The van der Waals surface area contributed by atoms with Crippen molar-refractivity contribution >= 4 is 28.1 Å². The first kappa shape index (κ1) is 14.0. The van der Waals surface area contributed by atoms with Crippen molar-refractivity contribution in [2.45, 2.75) is 0 Å². The molecule has 3 aromatic rings. The van der Waals surface area contributed by atoms with Crippen LogP contribution in [0.15, 0.2) is 47.2 Å². The quantitative estimate of drug-likeness (QED) is 0.720. The molecular formula is C14H11BrN4OS. The fourth-order valence-electron chi connectivity index (χ4n) is 2.01. The van der Waals surface area contributed by atoms with E-state index in [9.17, 15) is 0 Å². The van der Waals surface area contributed by atoms with Gasteiger partial charge in [0.15, 0.2) is 10.6 Å². The van der Waals surface area contributed by atoms with Gasteiger partial charge in [-0.3, -0.25) is 14.6 Å². The molecule has 0 fully saturated rings. The number of nitrogens with one attached hydrogen (secondary N) is 1. The maximum atomic E-state index is 5.34. The number of hydrogen-bond acceptors (Lipinski definition) is 4. The molecule has 3 rings (SSSR count). The summed E-state index contributed by atoms with van der Waals surface area (Å²) in [6, 6.07) is 9.55. The SMILES string of the molecule is COc1cc(-n2c(-c3cccnc3)n[nH]c2=S)ccc1Br. The van der Waals surface area contributed by atoms with Crippen molar-refractivity contribution in [1.29, 1.82) is 0 Å². The zero-order valence-electron chi connectivity index (χ0n) is 11.1. The summed E-state index contributed by atoms with van der Waals surface area (Å²) in [7, 11) is 1.63. The van der Waals surface area contributed by atoms with Crippen LogP contribution in [0.3, 0.4) is 0 Å². The Hall–Kier alpha value is -1.99. The molecule has 106 valence electrons. The van der Waals surface area contributed by atoms with E-state index >= 15 is 0 Å². The van der Waals surface area contributed by atoms with Gasteiger partial charge in [0.2, 0.25) is 0 Å². The average molecular weight is 363 g/mol. The Morgan fingerprint density at radius 3 is 2.90 bits per heavy atom. The monoisotopic (exact) mass is 362 g/mol. The zero-order chi connectivity index (χ0) is 14.8. The van der Waals surface area contributed by atoms with Crippen LogP contribution in [0.5, 0.6) is 5.75 Å². The minimum absolute atomic E-state index is 0.512. The molecule has 0 aliphatic heterocycles. The number of methoxy groups -OCH3 is 1. The fourth-order valence-corrected chi connectivity index (χ4v) is 2.66. The summed E-state index contributed by atoms with van der Waals surface area (Å²) in [5.41, 5.74) is 1.75. The van der Waals surface area contributed by atoms with E-state index in [0.717, 1.165) is 21.5 Å². The normalized spacial score (nSPS) is 10.6. The van der Waals surface area contributed by atoms with Crippen LogP contribution in [0.25, 0.3) is 17.1 Å². The van der Waals surface area contributed by atoms with Gasteiger partial charge in [0.25, 0.3) is 0 Å². The second-order valence-electron chi connectivity index (χ2n) is 4.25. The number of benzene rings is 1. The van der Waals surface area contributed by atoms with Crippen molar-refractivity contribution < 1.29 is 4.74 Å². The number of hydrogen-bond donors (Lipinski definition) is 1. The Labute approximate surface area is 134 Å². The summed E-state index contributed by atoms with van der Waals surface area (Å²) < 4.78 is 8.57. The van der Waals surface area contributed by atoms with Crippen LogP contribution >= 0.6 is 28.1 Å². The van der Waals surface area contributed by atoms with Gasteiger partial charge < -0.3 is 4.74 Å². The summed E-state index contributed by atoms with van der Waals surface area (Å²) in [6.07, 6.45) is 3.47. The van der Waals surface area contributed by atoms with E-state index in [1.54, 1.807) is 19.5 Å². The molecule has 0 aliphatic rings. The third kappa shape index (κ3) is 2.62. The van der Waals surface area contributed by atoms with Crippen molar-refractivity contribution in [2.24, 2.45) is 0 Å². The Morgan fingerprint density at radius 2 is 2.19 bits per heavy atom. The largest absolute Gasteiger partial charge is 0.495 e. The highest BCUT2D eigenvalue weighted by Gasteiger charge is 2.12. The first-order chi connectivity index (χ1) is 10.2. The predicted octanol–water partition coefficient (Wildman–Crippen LogP) is 3.76. The first-order valence-electron chi connectivity index (χ1n) is 6.12. The molecule has 0 aliphatic carbocycles. The molecule has 5 nitrogen and oxygen atoms in total. The molecule has 0 saturated carbocycles. The Balaban J connectivity index is 2.20. The van der Waals surface area contributed by atoms with Crippen molar-refractivity contribution in [3.63, 3.8) is 0 Å². The molecule has 0 atom stereocenters. The molecule has 1 N–H and O–H groups in total. The Bertz CT molecular complexity index is 828. The number of nitrogens with zero attached hydrogens (tertiary/aromatic N) is 3. The van der Waals surface area contributed by atoms with E-state index in [-0.39, 0.29) is 0 Å². The third-order valence-corrected chi connectivity index (χ3v) is 3.91. The molecule has 0 radical (unpaired) electrons. The van der Waals surface area contributed by atoms with E-state index in [1.165, 1.54) is 0 Å². The minimum Gasteiger partial charge on any atom is -0.495 e. The lowest BCUT2D eigenvalue weighted by Gasteiger charge is -2.09. The van der Waals surface area contributed by atoms with Gasteiger partial charge in [-0.25, -0.2) is 0 Å². The minimum atomic E-state index is 0.512. The second kappa shape index (κ2) is 5.79. The van der Waals surface area contributed by atoms with Crippen molar-refractivity contribution in [3.05, 3.63) is 52.0 Å². The second-order valence-corrected chi connectivity index (χ2v) is 5.49. The third-order valence-electron chi connectivity index (χ3n) is 2.98. The molecule has 0 bridgehead atoms. The fraction of sp³-hybridized carbons (Fsp3) is 0.0714. The molecular weight excluding hydrogens is 352 g/mol. The van der Waals surface area contributed by atoms with E-state index in [1.807, 2.05) is 34.9 Å². The van der Waals surface area contributed by atoms with Gasteiger partial charge >= 0.3 is 0 Å². The molecule has 0 unspecified atom stereocenters. The van der Waals surface area contributed by atoms with E-state index < -0.39 is 0 Å². The summed E-state index contributed by atoms with van der Waals surface area (Å²) in [6.45, 7) is 0. The van der Waals surface area contributed by atoms with Gasteiger partial charge in [-0.2, -0.15) is 5.10 Å². The topological polar surface area (TPSA) is 55.7 Å². The number of halogens is 1. The Morgan fingerprint density at radius 1 is 1.33 bits per heavy atom. The maximum absolute atomic E-state index is 5.34. The van der Waals surface area contributed by atoms with Crippen LogP contribution in [0.4, 0.5) is 0 Å². The number of H-pyrrole nitrogens is 1. The van der Waals surface area contributed by atoms with Gasteiger partial charge in [0.1, 0.15) is 5.75 Å². The molecule has 0 amide bonds. The number of pyridine rings is 1. The summed E-state index contributed by atoms with van der Waals surface area (Å²) in [5.74, 6) is 1.44. The zero-order valence-corrected chi connectivity index (χ0v) is 13.5. The molecule has 2 aromatic heterocycles. The molecule has 2 heterocycles. The van der Waals surface area contributed by atoms with E-state index in [4.69, 9.17) is 17.0 Å². The number of aromatic nitrogens is 4.